The molecule has 9 rings (SSSR count). The van der Waals surface area contributed by atoms with Crippen molar-refractivity contribution >= 4 is 103 Å². The van der Waals surface area contributed by atoms with E-state index in [1.165, 1.54) is 58.4 Å². The fourth-order valence-corrected chi connectivity index (χ4v) is 13.4. The number of aliphatic hydroxyl groups is 3. The van der Waals surface area contributed by atoms with Gasteiger partial charge in [-0.3, -0.25) is 43.3 Å². The molecule has 4 bridgehead atoms. The molecule has 5 aromatic rings. The second-order valence-electron chi connectivity index (χ2n) is 27.7. The molecule has 0 saturated carbocycles. The molecule has 104 heavy (non-hydrogen) atoms. The molecule has 4 aliphatic rings. The number of urea groups is 1. The molecule has 0 spiro atoms. The second-order valence-corrected chi connectivity index (χ2v) is 27.7. The summed E-state index contributed by atoms with van der Waals surface area (Å²) in [5.74, 6) is -9.73. The monoisotopic (exact) mass is 1440 g/mol. The summed E-state index contributed by atoms with van der Waals surface area (Å²) in [4.78, 5) is 141. The third kappa shape index (κ3) is 17.9. The number of phenols is 1. The number of imide groups is 1. The largest absolute Gasteiger partial charge is 0.505 e. The van der Waals surface area contributed by atoms with Crippen molar-refractivity contribution in [3.8, 4) is 11.5 Å². The Kier molecular flexibility index (Phi) is 25.4. The SMILES string of the molecule is CO[C@H]1/C=C/O[C@@]2(C)Oc3c(C)c(=O)c4c(O)c(c5oc6cc(N7CCC(NC(=O)OCc8ccc(NC(=O)[C@H](CCCNC(N)=O)NC(=O)[C@@H](NC(=O)CCCCCN9C(=O)C=CC9=O)C(C)C)cc8)CC7)ccc6nc5c4c3C2=O)NC(=O)/C(C)=C\C=C\[C@H](C)[C@H](O)[C@@H](C)[C@@H](O)[C@@H](C)[C@H](O)[C@@H]1C. The first-order chi connectivity index (χ1) is 49.4. The van der Waals surface area contributed by atoms with Gasteiger partial charge >= 0.3 is 17.9 Å². The number of aromatic hydroxyl groups is 1. The van der Waals surface area contributed by atoms with E-state index >= 15 is 0 Å². The van der Waals surface area contributed by atoms with Crippen LogP contribution in [0.15, 0.2) is 100.0 Å². The van der Waals surface area contributed by atoms with Gasteiger partial charge in [0.1, 0.15) is 41.2 Å². The average molecular weight is 1440 g/mol. The first kappa shape index (κ1) is 77.9. The van der Waals surface area contributed by atoms with Crippen LogP contribution in [0.3, 0.4) is 0 Å². The Labute approximate surface area is 601 Å². The van der Waals surface area contributed by atoms with Gasteiger partial charge < -0.3 is 86.3 Å². The predicted molar refractivity (Wildman–Crippen MR) is 386 cm³/mol. The van der Waals surface area contributed by atoms with Crippen LogP contribution in [-0.4, -0.2) is 165 Å². The van der Waals surface area contributed by atoms with E-state index in [1.807, 2.05) is 6.07 Å². The quantitative estimate of drug-likeness (QED) is 0.0118. The fourth-order valence-electron chi connectivity index (χ4n) is 13.4. The van der Waals surface area contributed by atoms with Gasteiger partial charge in [-0.05, 0) is 94.2 Å². The number of rotatable bonds is 21. The van der Waals surface area contributed by atoms with E-state index in [9.17, 15) is 68.4 Å². The maximum Gasteiger partial charge on any atom is 0.407 e. The van der Waals surface area contributed by atoms with Gasteiger partial charge in [0.15, 0.2) is 22.3 Å². The van der Waals surface area contributed by atoms with Crippen molar-refractivity contribution in [2.45, 2.75) is 169 Å². The molecule has 29 nitrogen and oxygen atoms in total. The van der Waals surface area contributed by atoms with Gasteiger partial charge in [0.2, 0.25) is 17.7 Å². The molecule has 9 amide bonds. The number of amides is 9. The highest BCUT2D eigenvalue weighted by atomic mass is 16.7. The zero-order valence-corrected chi connectivity index (χ0v) is 60.0. The molecule has 558 valence electrons. The number of nitrogens with one attached hydrogen (secondary N) is 6. The number of alkyl carbamates (subject to hydrolysis) is 1. The van der Waals surface area contributed by atoms with Crippen molar-refractivity contribution in [1.29, 1.82) is 0 Å². The number of piperidine rings is 1. The van der Waals surface area contributed by atoms with Crippen LogP contribution in [0.4, 0.5) is 26.7 Å². The van der Waals surface area contributed by atoms with Crippen molar-refractivity contribution in [1.82, 2.24) is 31.2 Å². The Bertz CT molecular complexity index is 4280. The number of aromatic nitrogens is 1. The number of ketones is 1. The fraction of sp³-hybridized carbons (Fsp3) is 0.480. The summed E-state index contributed by atoms with van der Waals surface area (Å²) in [6, 6.07) is 8.63. The Morgan fingerprint density at radius 1 is 0.837 bits per heavy atom. The molecule has 1 fully saturated rings. The number of hydrogen-bond acceptors (Lipinski definition) is 21. The van der Waals surface area contributed by atoms with Gasteiger partial charge in [0.05, 0.1) is 41.6 Å². The van der Waals surface area contributed by atoms with Crippen LogP contribution in [-0.2, 0) is 49.6 Å². The minimum absolute atomic E-state index is 0.0475. The van der Waals surface area contributed by atoms with Gasteiger partial charge in [-0.15, -0.1) is 0 Å². The Balaban J connectivity index is 0.862. The van der Waals surface area contributed by atoms with Crippen LogP contribution in [0.2, 0.25) is 0 Å². The Hall–Kier alpha value is -10.2. The molecule has 12 N–H and O–H groups in total. The minimum atomic E-state index is -2.09. The maximum absolute atomic E-state index is 14.9. The number of fused-ring (bicyclic) bond motifs is 2. The van der Waals surface area contributed by atoms with Crippen LogP contribution in [0.5, 0.6) is 11.5 Å². The van der Waals surface area contributed by atoms with E-state index in [4.69, 9.17) is 34.1 Å². The van der Waals surface area contributed by atoms with Gasteiger partial charge in [-0.1, -0.05) is 78.3 Å². The van der Waals surface area contributed by atoms with Crippen LogP contribution < -0.4 is 52.7 Å². The van der Waals surface area contributed by atoms with Gasteiger partial charge in [-0.25, -0.2) is 14.6 Å². The van der Waals surface area contributed by atoms with Gasteiger partial charge in [-0.2, -0.15) is 0 Å². The van der Waals surface area contributed by atoms with Crippen LogP contribution in [0.1, 0.15) is 128 Å². The van der Waals surface area contributed by atoms with Crippen molar-refractivity contribution in [2.75, 3.05) is 48.8 Å². The number of nitrogens with two attached hydrogens (primary N) is 1. The number of hydrogen-bond donors (Lipinski definition) is 11. The molecule has 1 saturated heterocycles. The van der Waals surface area contributed by atoms with E-state index in [0.717, 1.165) is 4.90 Å². The van der Waals surface area contributed by atoms with Crippen molar-refractivity contribution in [3.05, 3.63) is 118 Å². The number of unbranched alkanes of at least 4 members (excludes halogenated alkanes) is 2. The highest BCUT2D eigenvalue weighted by molar-refractivity contribution is 6.26. The molecular weight excluding hydrogens is 1340 g/mol. The van der Waals surface area contributed by atoms with Crippen molar-refractivity contribution in [3.63, 3.8) is 0 Å². The Morgan fingerprint density at radius 3 is 2.19 bits per heavy atom. The molecule has 0 unspecified atom stereocenters. The molecular formula is C75H94N10O19. The lowest BCUT2D eigenvalue weighted by molar-refractivity contribution is -0.137. The summed E-state index contributed by atoms with van der Waals surface area (Å²) in [6.45, 7) is 15.8. The lowest BCUT2D eigenvalue weighted by Crippen LogP contribution is -2.54. The molecule has 29 heteroatoms. The van der Waals surface area contributed by atoms with E-state index < -0.39 is 113 Å². The summed E-state index contributed by atoms with van der Waals surface area (Å²) < 4.78 is 30.3. The molecule has 11 atom stereocenters. The van der Waals surface area contributed by atoms with Crippen molar-refractivity contribution in [2.24, 2.45) is 35.3 Å². The number of benzene rings is 4. The predicted octanol–water partition coefficient (Wildman–Crippen LogP) is 6.82. The van der Waals surface area contributed by atoms with Gasteiger partial charge in [0.25, 0.3) is 23.5 Å². The maximum atomic E-state index is 14.9. The molecule has 5 heterocycles. The first-order valence-corrected chi connectivity index (χ1v) is 35.1. The van der Waals surface area contributed by atoms with Crippen LogP contribution >= 0.6 is 0 Å². The number of Topliss-reactive ketones (excluding diaryl/α,β-unsaturated/α-hetero) is 1. The zero-order valence-electron chi connectivity index (χ0n) is 60.0. The summed E-state index contributed by atoms with van der Waals surface area (Å²) in [6.07, 6.45) is 7.91. The lowest BCUT2D eigenvalue weighted by atomic mass is 9.78. The third-order valence-corrected chi connectivity index (χ3v) is 19.9. The second kappa shape index (κ2) is 33.9. The average Bonchev–Trinajstić information content (AvgIpc) is 1.47. The van der Waals surface area contributed by atoms with E-state index in [1.54, 1.807) is 90.1 Å². The number of aliphatic hydroxyl groups excluding tert-OH is 3. The normalized spacial score (nSPS) is 24.3. The molecule has 4 aliphatic heterocycles. The van der Waals surface area contributed by atoms with Crippen LogP contribution in [0, 0.1) is 36.5 Å². The number of allylic oxidation sites excluding steroid dienone is 2. The van der Waals surface area contributed by atoms with E-state index in [-0.39, 0.29) is 130 Å². The van der Waals surface area contributed by atoms with Gasteiger partial charge in [0, 0.05) is 122 Å². The third-order valence-electron chi connectivity index (χ3n) is 19.9. The number of primary amides is 1. The Morgan fingerprint density at radius 2 is 1.52 bits per heavy atom. The summed E-state index contributed by atoms with van der Waals surface area (Å²) in [5, 5.41) is 62.8. The number of carbonyl (C=O) groups excluding carboxylic acids is 9. The van der Waals surface area contributed by atoms with E-state index in [0.29, 0.717) is 62.1 Å². The topological polar surface area (TPSA) is 419 Å². The number of nitrogens with zero attached hydrogens (tertiary/aromatic N) is 3. The highest BCUT2D eigenvalue weighted by Crippen LogP contribution is 2.49. The molecule has 0 aliphatic carbocycles. The number of carbonyl (C=O) groups is 9. The number of methoxy groups -OCH3 is 1. The standard InChI is InChI=1S/C75H94N10O19/c1-38(2)59(82-53(86)19-12-11-13-32-85-54(87)26-27-55(85)88)72(97)81-50(18-15-31-77-73(76)98)71(96)78-46-22-20-45(21-23-46)37-101-74(99)79-47-28-33-84(34-29-47)48-24-25-49-52(36-48)103-68-60(80-49)56-57-65(92)44(8)67-58(56)69(94)75(9,104-67)102-35-30-51(100-10)41(5)63(90)43(7)64(91)42(6)62(89)39(3)16-14-17-40(4)70(95)83-61(68)66(57)93/h14,16-17,20-27,30,35-36,38-39,41-43,47,50-51,59,62-64,89-91,93H,11-13,15,18-19,28-29,31-34,37H2,1-10H3,(H,78,96)(H,79,99)(H,81,97)(H,82,86)(H,83,95)(H3,76,77,98)/b16-14+,35-30+,40-17-/t39-,41+,42+,43-,50-,51-,59-,62-,63+,64+,75-/m0/s1. The number of ether oxygens (including phenoxy) is 4. The zero-order chi connectivity index (χ0) is 75.6. The molecule has 4 aromatic carbocycles. The molecule has 1 aromatic heterocycles. The number of phenolic OH excluding ortho intramolecular Hbond substituents is 1. The van der Waals surface area contributed by atoms with E-state index in [2.05, 4.69) is 36.8 Å². The minimum Gasteiger partial charge on any atom is -0.505 e. The lowest BCUT2D eigenvalue weighted by Gasteiger charge is -2.36. The summed E-state index contributed by atoms with van der Waals surface area (Å²) in [5.41, 5.74) is 6.00. The summed E-state index contributed by atoms with van der Waals surface area (Å²) >= 11 is 0. The summed E-state index contributed by atoms with van der Waals surface area (Å²) in [7, 11) is 1.42. The molecule has 0 radical (unpaired) electrons. The van der Waals surface area contributed by atoms with Crippen molar-refractivity contribution < 1.29 is 86.9 Å². The van der Waals surface area contributed by atoms with Crippen LogP contribution in [0.25, 0.3) is 33.0 Å². The first-order valence-electron chi connectivity index (χ1n) is 35.1. The number of anilines is 3. The smallest absolute Gasteiger partial charge is 0.407 e. The highest BCUT2D eigenvalue weighted by Gasteiger charge is 2.50.